The van der Waals surface area contributed by atoms with Crippen LogP contribution in [-0.2, 0) is 20.0 Å². The number of hydrogen-bond donors (Lipinski definition) is 4. The zero-order valence-electron chi connectivity index (χ0n) is 10.2. The molecular formula is C10H14N2O7S. The maximum absolute atomic E-state index is 10.1. The highest BCUT2D eigenvalue weighted by Gasteiger charge is 2.13. The monoisotopic (exact) mass is 306 g/mol. The summed E-state index contributed by atoms with van der Waals surface area (Å²) in [7, 11) is -4.38. The molecule has 1 aromatic carbocycles. The van der Waals surface area contributed by atoms with Gasteiger partial charge in [-0.2, -0.15) is 8.42 Å². The van der Waals surface area contributed by atoms with Gasteiger partial charge in [0.1, 0.15) is 11.8 Å². The van der Waals surface area contributed by atoms with E-state index in [-0.39, 0.29) is 12.2 Å². The zero-order chi connectivity index (χ0) is 15.8. The number of rotatable bonds is 5. The van der Waals surface area contributed by atoms with Gasteiger partial charge in [-0.25, -0.2) is 0 Å². The Morgan fingerprint density at radius 3 is 2.05 bits per heavy atom. The number of aliphatic carboxylic acids is 1. The van der Waals surface area contributed by atoms with Gasteiger partial charge in [0.15, 0.2) is 0 Å². The van der Waals surface area contributed by atoms with Crippen molar-refractivity contribution in [1.29, 1.82) is 0 Å². The van der Waals surface area contributed by atoms with E-state index in [1.807, 2.05) is 0 Å². The van der Waals surface area contributed by atoms with Crippen LogP contribution in [0.3, 0.4) is 0 Å². The summed E-state index contributed by atoms with van der Waals surface area (Å²) in [5.41, 5.74) is 9.57. The van der Waals surface area contributed by atoms with Crippen LogP contribution in [0.25, 0.3) is 0 Å². The van der Waals surface area contributed by atoms with Gasteiger partial charge in [0, 0.05) is 0 Å². The third kappa shape index (κ3) is 9.82. The molecular weight excluding hydrogens is 292 g/mol. The Morgan fingerprint density at radius 1 is 1.25 bits per heavy atom. The molecule has 0 aliphatic heterocycles. The smallest absolute Gasteiger partial charge is 0.446 e. The first-order valence-corrected chi connectivity index (χ1v) is 6.47. The fourth-order valence-corrected chi connectivity index (χ4v) is 1.26. The summed E-state index contributed by atoms with van der Waals surface area (Å²) in [5.74, 6) is -1.83. The van der Waals surface area contributed by atoms with Crippen LogP contribution in [0.15, 0.2) is 30.3 Å². The van der Waals surface area contributed by atoms with E-state index in [0.29, 0.717) is 0 Å². The lowest BCUT2D eigenvalue weighted by Crippen LogP contribution is -2.34. The van der Waals surface area contributed by atoms with E-state index in [2.05, 4.69) is 9.92 Å². The van der Waals surface area contributed by atoms with E-state index in [1.54, 1.807) is 18.2 Å². The van der Waals surface area contributed by atoms with Gasteiger partial charge in [0.25, 0.3) is 0 Å². The summed E-state index contributed by atoms with van der Waals surface area (Å²) < 4.78 is 32.6. The molecule has 1 unspecified atom stereocenters. The molecule has 1 rings (SSSR count). The molecule has 0 radical (unpaired) electrons. The van der Waals surface area contributed by atoms with Gasteiger partial charge in [-0.3, -0.25) is 14.1 Å². The molecule has 0 bridgehead atoms. The molecule has 112 valence electrons. The van der Waals surface area contributed by atoms with Crippen LogP contribution in [0.5, 0.6) is 5.75 Å². The molecule has 9 nitrogen and oxygen atoms in total. The maximum Gasteiger partial charge on any atom is 0.446 e. The normalized spacial score (nSPS) is 11.7. The number of carbonyl (C=O) groups is 2. The number of para-hydroxylation sites is 1. The largest absolute Gasteiger partial charge is 0.480 e. The SMILES string of the molecule is NC(=O)CC(N)C(=O)O.O=S(=O)(O)Oc1ccccc1. The average Bonchev–Trinajstić information content (AvgIpc) is 2.27. The number of primary amides is 1. The van der Waals surface area contributed by atoms with Crippen LogP contribution in [0.4, 0.5) is 0 Å². The third-order valence-corrected chi connectivity index (χ3v) is 2.09. The van der Waals surface area contributed by atoms with Crippen LogP contribution in [0.2, 0.25) is 0 Å². The molecule has 1 aromatic rings. The first kappa shape index (κ1) is 17.8. The molecule has 10 heteroatoms. The van der Waals surface area contributed by atoms with Crippen molar-refractivity contribution in [1.82, 2.24) is 0 Å². The zero-order valence-corrected chi connectivity index (χ0v) is 11.0. The van der Waals surface area contributed by atoms with Gasteiger partial charge in [0.2, 0.25) is 5.91 Å². The summed E-state index contributed by atoms with van der Waals surface area (Å²) in [6.07, 6.45) is -0.310. The van der Waals surface area contributed by atoms with Crippen molar-refractivity contribution in [2.75, 3.05) is 0 Å². The van der Waals surface area contributed by atoms with Crippen molar-refractivity contribution in [3.05, 3.63) is 30.3 Å². The van der Waals surface area contributed by atoms with E-state index in [0.717, 1.165) is 0 Å². The summed E-state index contributed by atoms with van der Waals surface area (Å²) in [6.45, 7) is 0. The highest BCUT2D eigenvalue weighted by atomic mass is 32.3. The van der Waals surface area contributed by atoms with Crippen molar-refractivity contribution < 1.29 is 31.8 Å². The van der Waals surface area contributed by atoms with Crippen LogP contribution in [0.1, 0.15) is 6.42 Å². The molecule has 1 amide bonds. The van der Waals surface area contributed by atoms with Gasteiger partial charge in [-0.05, 0) is 12.1 Å². The van der Waals surface area contributed by atoms with Gasteiger partial charge < -0.3 is 20.8 Å². The van der Waals surface area contributed by atoms with Crippen molar-refractivity contribution in [2.45, 2.75) is 12.5 Å². The molecule has 20 heavy (non-hydrogen) atoms. The molecule has 0 heterocycles. The fourth-order valence-electron chi connectivity index (χ4n) is 0.902. The maximum atomic E-state index is 10.1. The van der Waals surface area contributed by atoms with Crippen LogP contribution < -0.4 is 15.7 Å². The molecule has 0 aliphatic carbocycles. The highest BCUT2D eigenvalue weighted by molar-refractivity contribution is 7.81. The fraction of sp³-hybridized carbons (Fsp3) is 0.200. The van der Waals surface area contributed by atoms with E-state index < -0.39 is 28.3 Å². The summed E-state index contributed by atoms with van der Waals surface area (Å²) in [4.78, 5) is 19.9. The number of nitrogens with two attached hydrogens (primary N) is 2. The predicted octanol–water partition coefficient (Wildman–Crippen LogP) is -0.858. The standard InChI is InChI=1S/C6H6O4S.C4H8N2O3/c7-11(8,9)10-6-4-2-1-3-5-6;5-2(4(8)9)1-3(6)7/h1-5H,(H,7,8,9);2H,1,5H2,(H2,6,7)(H,8,9). The number of amides is 1. The molecule has 0 aromatic heterocycles. The second-order valence-electron chi connectivity index (χ2n) is 3.44. The Bertz CT molecular complexity index is 544. The third-order valence-electron chi connectivity index (χ3n) is 1.68. The lowest BCUT2D eigenvalue weighted by Gasteiger charge is -1.99. The first-order chi connectivity index (χ1) is 9.11. The highest BCUT2D eigenvalue weighted by Crippen LogP contribution is 2.09. The molecule has 0 fully saturated rings. The number of hydrogen-bond acceptors (Lipinski definition) is 6. The molecule has 6 N–H and O–H groups in total. The summed E-state index contributed by atoms with van der Waals surface area (Å²) >= 11 is 0. The minimum absolute atomic E-state index is 0.0926. The summed E-state index contributed by atoms with van der Waals surface area (Å²) in [6, 6.07) is 6.59. The van der Waals surface area contributed by atoms with Crippen LogP contribution in [-0.4, -0.2) is 36.0 Å². The Kier molecular flexibility index (Phi) is 7.21. The van der Waals surface area contributed by atoms with Crippen LogP contribution in [0, 0.1) is 0 Å². The average molecular weight is 306 g/mol. The van der Waals surface area contributed by atoms with E-state index in [9.17, 15) is 18.0 Å². The van der Waals surface area contributed by atoms with Gasteiger partial charge >= 0.3 is 16.4 Å². The van der Waals surface area contributed by atoms with Gasteiger partial charge in [-0.1, -0.05) is 18.2 Å². The second kappa shape index (κ2) is 8.09. The second-order valence-corrected chi connectivity index (χ2v) is 4.46. The number of carboxylic acids is 1. The lowest BCUT2D eigenvalue weighted by atomic mass is 10.2. The number of carboxylic acid groups (broad SMARTS) is 1. The Hall–Kier alpha value is -2.17. The minimum atomic E-state index is -4.38. The Balaban J connectivity index is 0.000000370. The molecule has 0 saturated heterocycles. The van der Waals surface area contributed by atoms with Gasteiger partial charge in [-0.15, -0.1) is 0 Å². The van der Waals surface area contributed by atoms with E-state index in [1.165, 1.54) is 12.1 Å². The van der Waals surface area contributed by atoms with Crippen molar-refractivity contribution in [3.63, 3.8) is 0 Å². The van der Waals surface area contributed by atoms with E-state index in [4.69, 9.17) is 15.4 Å². The van der Waals surface area contributed by atoms with Gasteiger partial charge in [0.05, 0.1) is 6.42 Å². The number of benzene rings is 1. The Morgan fingerprint density at radius 2 is 1.75 bits per heavy atom. The topological polar surface area (TPSA) is 170 Å². The minimum Gasteiger partial charge on any atom is -0.480 e. The number of carbonyl (C=O) groups excluding carboxylic acids is 1. The Labute approximate surface area is 115 Å². The van der Waals surface area contributed by atoms with E-state index >= 15 is 0 Å². The molecule has 0 spiro atoms. The molecule has 0 saturated carbocycles. The predicted molar refractivity (Wildman–Crippen MR) is 68.0 cm³/mol. The van der Waals surface area contributed by atoms with Crippen LogP contribution >= 0.6 is 0 Å². The lowest BCUT2D eigenvalue weighted by molar-refractivity contribution is -0.140. The summed E-state index contributed by atoms with van der Waals surface area (Å²) in [5, 5.41) is 8.10. The van der Waals surface area contributed by atoms with Crippen molar-refractivity contribution >= 4 is 22.3 Å². The first-order valence-electron chi connectivity index (χ1n) is 5.10. The quantitative estimate of drug-likeness (QED) is 0.509. The van der Waals surface area contributed by atoms with Crippen molar-refractivity contribution in [3.8, 4) is 5.75 Å². The molecule has 0 aliphatic rings. The van der Waals surface area contributed by atoms with Crippen molar-refractivity contribution in [2.24, 2.45) is 11.5 Å². The molecule has 1 atom stereocenters.